The molecule has 0 radical (unpaired) electrons. The fourth-order valence-corrected chi connectivity index (χ4v) is 1.55. The predicted molar refractivity (Wildman–Crippen MR) is 51.9 cm³/mol. The quantitative estimate of drug-likeness (QED) is 0.693. The van der Waals surface area contributed by atoms with Crippen LogP contribution in [-0.2, 0) is 0 Å². The SMILES string of the molecule is Fc1cccc(C2=CCCNC2)c1. The number of halogens is 1. The molecule has 68 valence electrons. The molecule has 0 aromatic heterocycles. The Morgan fingerprint density at radius 3 is 2.92 bits per heavy atom. The Kier molecular flexibility index (Phi) is 2.41. The normalized spacial score (nSPS) is 16.8. The molecule has 13 heavy (non-hydrogen) atoms. The summed E-state index contributed by atoms with van der Waals surface area (Å²) in [5.74, 6) is -0.163. The van der Waals surface area contributed by atoms with Crippen molar-refractivity contribution >= 4 is 5.57 Å². The fourth-order valence-electron chi connectivity index (χ4n) is 1.55. The molecule has 1 heterocycles. The molecule has 0 spiro atoms. The lowest BCUT2D eigenvalue weighted by Crippen LogP contribution is -2.21. The maximum absolute atomic E-state index is 12.9. The summed E-state index contributed by atoms with van der Waals surface area (Å²) in [6.45, 7) is 1.88. The Balaban J connectivity index is 2.29. The van der Waals surface area contributed by atoms with E-state index in [4.69, 9.17) is 0 Å². The third-order valence-electron chi connectivity index (χ3n) is 2.22. The van der Waals surface area contributed by atoms with Gasteiger partial charge in [-0.05, 0) is 36.2 Å². The van der Waals surface area contributed by atoms with Crippen LogP contribution in [0.5, 0.6) is 0 Å². The molecule has 0 atom stereocenters. The largest absolute Gasteiger partial charge is 0.312 e. The van der Waals surface area contributed by atoms with Crippen molar-refractivity contribution in [2.75, 3.05) is 13.1 Å². The maximum atomic E-state index is 12.9. The molecule has 0 unspecified atom stereocenters. The van der Waals surface area contributed by atoms with Gasteiger partial charge in [0.25, 0.3) is 0 Å². The molecule has 1 nitrogen and oxygen atoms in total. The van der Waals surface area contributed by atoms with E-state index < -0.39 is 0 Å². The monoisotopic (exact) mass is 177 g/mol. The van der Waals surface area contributed by atoms with Gasteiger partial charge in [-0.3, -0.25) is 0 Å². The zero-order valence-electron chi connectivity index (χ0n) is 7.39. The van der Waals surface area contributed by atoms with Gasteiger partial charge >= 0.3 is 0 Å². The Labute approximate surface area is 77.3 Å². The summed E-state index contributed by atoms with van der Waals surface area (Å²) in [6, 6.07) is 6.75. The van der Waals surface area contributed by atoms with Crippen molar-refractivity contribution in [3.63, 3.8) is 0 Å². The molecule has 1 aromatic rings. The minimum Gasteiger partial charge on any atom is -0.312 e. The van der Waals surface area contributed by atoms with Gasteiger partial charge in [-0.25, -0.2) is 4.39 Å². The van der Waals surface area contributed by atoms with Crippen molar-refractivity contribution in [1.82, 2.24) is 5.32 Å². The Hall–Kier alpha value is -1.15. The van der Waals surface area contributed by atoms with Gasteiger partial charge in [0.2, 0.25) is 0 Å². The third kappa shape index (κ3) is 1.95. The van der Waals surface area contributed by atoms with Gasteiger partial charge in [0.15, 0.2) is 0 Å². The molecule has 0 saturated carbocycles. The molecule has 2 heteroatoms. The summed E-state index contributed by atoms with van der Waals surface area (Å²) in [7, 11) is 0. The maximum Gasteiger partial charge on any atom is 0.123 e. The number of nitrogens with one attached hydrogen (secondary N) is 1. The van der Waals surface area contributed by atoms with E-state index in [2.05, 4.69) is 11.4 Å². The van der Waals surface area contributed by atoms with Crippen molar-refractivity contribution < 1.29 is 4.39 Å². The topological polar surface area (TPSA) is 12.0 Å². The highest BCUT2D eigenvalue weighted by molar-refractivity contribution is 5.67. The van der Waals surface area contributed by atoms with Gasteiger partial charge in [-0.2, -0.15) is 0 Å². The highest BCUT2D eigenvalue weighted by Crippen LogP contribution is 2.17. The van der Waals surface area contributed by atoms with E-state index in [9.17, 15) is 4.39 Å². The molecule has 1 aliphatic rings. The number of hydrogen-bond acceptors (Lipinski definition) is 1. The lowest BCUT2D eigenvalue weighted by molar-refractivity contribution is 0.627. The molecule has 0 amide bonds. The molecular formula is C11H12FN. The van der Waals surface area contributed by atoms with Gasteiger partial charge in [0.1, 0.15) is 5.82 Å². The fraction of sp³-hybridized carbons (Fsp3) is 0.273. The van der Waals surface area contributed by atoms with Crippen LogP contribution in [0.4, 0.5) is 4.39 Å². The van der Waals surface area contributed by atoms with Crippen LogP contribution in [0.15, 0.2) is 30.3 Å². The minimum atomic E-state index is -0.163. The Bertz CT molecular complexity index is 331. The third-order valence-corrected chi connectivity index (χ3v) is 2.22. The molecule has 0 fully saturated rings. The first-order valence-corrected chi connectivity index (χ1v) is 4.52. The summed E-state index contributed by atoms with van der Waals surface area (Å²) < 4.78 is 12.9. The summed E-state index contributed by atoms with van der Waals surface area (Å²) >= 11 is 0. The van der Waals surface area contributed by atoms with Crippen molar-refractivity contribution in [2.45, 2.75) is 6.42 Å². The average molecular weight is 177 g/mol. The summed E-state index contributed by atoms with van der Waals surface area (Å²) in [5.41, 5.74) is 2.19. The van der Waals surface area contributed by atoms with Gasteiger partial charge in [-0.15, -0.1) is 0 Å². The van der Waals surface area contributed by atoms with Crippen LogP contribution < -0.4 is 5.32 Å². The predicted octanol–water partition coefficient (Wildman–Crippen LogP) is 2.20. The van der Waals surface area contributed by atoms with Gasteiger partial charge < -0.3 is 5.32 Å². The summed E-state index contributed by atoms with van der Waals surface area (Å²) in [6.07, 6.45) is 3.21. The van der Waals surface area contributed by atoms with Crippen molar-refractivity contribution in [3.8, 4) is 0 Å². The summed E-state index contributed by atoms with van der Waals surface area (Å²) in [4.78, 5) is 0. The van der Waals surface area contributed by atoms with Crippen molar-refractivity contribution in [3.05, 3.63) is 41.7 Å². The lowest BCUT2D eigenvalue weighted by atomic mass is 10.0. The number of benzene rings is 1. The zero-order chi connectivity index (χ0) is 9.10. The highest BCUT2D eigenvalue weighted by Gasteiger charge is 2.05. The lowest BCUT2D eigenvalue weighted by Gasteiger charge is -2.14. The van der Waals surface area contributed by atoms with Gasteiger partial charge in [0, 0.05) is 6.54 Å². The molecule has 0 aliphatic carbocycles. The second-order valence-corrected chi connectivity index (χ2v) is 3.21. The average Bonchev–Trinajstić information content (AvgIpc) is 2.19. The highest BCUT2D eigenvalue weighted by atomic mass is 19.1. The van der Waals surface area contributed by atoms with Gasteiger partial charge in [-0.1, -0.05) is 18.2 Å². The number of hydrogen-bond donors (Lipinski definition) is 1. The van der Waals surface area contributed by atoms with E-state index in [1.54, 1.807) is 12.1 Å². The van der Waals surface area contributed by atoms with Crippen LogP contribution >= 0.6 is 0 Å². The van der Waals surface area contributed by atoms with Crippen molar-refractivity contribution in [1.29, 1.82) is 0 Å². The van der Waals surface area contributed by atoms with Crippen LogP contribution in [0.3, 0.4) is 0 Å². The molecule has 2 rings (SSSR count). The first-order valence-electron chi connectivity index (χ1n) is 4.52. The van der Waals surface area contributed by atoms with E-state index in [-0.39, 0.29) is 5.82 Å². The molecular weight excluding hydrogens is 165 g/mol. The van der Waals surface area contributed by atoms with Crippen LogP contribution in [0, 0.1) is 5.82 Å². The minimum absolute atomic E-state index is 0.163. The first-order chi connectivity index (χ1) is 6.36. The second-order valence-electron chi connectivity index (χ2n) is 3.21. The van der Waals surface area contributed by atoms with Crippen LogP contribution in [0.2, 0.25) is 0 Å². The molecule has 1 aromatic carbocycles. The van der Waals surface area contributed by atoms with E-state index >= 15 is 0 Å². The second kappa shape index (κ2) is 3.71. The molecule has 1 N–H and O–H groups in total. The smallest absolute Gasteiger partial charge is 0.123 e. The van der Waals surface area contributed by atoms with Gasteiger partial charge in [0.05, 0.1) is 0 Å². The van der Waals surface area contributed by atoms with E-state index in [0.29, 0.717) is 0 Å². The first kappa shape index (κ1) is 8.45. The van der Waals surface area contributed by atoms with Crippen LogP contribution in [0.25, 0.3) is 5.57 Å². The zero-order valence-corrected chi connectivity index (χ0v) is 7.39. The molecule has 1 aliphatic heterocycles. The number of rotatable bonds is 1. The Morgan fingerprint density at radius 2 is 2.23 bits per heavy atom. The summed E-state index contributed by atoms with van der Waals surface area (Å²) in [5, 5.41) is 3.26. The van der Waals surface area contributed by atoms with Crippen molar-refractivity contribution in [2.24, 2.45) is 0 Å². The Morgan fingerprint density at radius 1 is 1.31 bits per heavy atom. The molecule has 0 bridgehead atoms. The van der Waals surface area contributed by atoms with E-state index in [1.807, 2.05) is 6.07 Å². The van der Waals surface area contributed by atoms with Crippen LogP contribution in [-0.4, -0.2) is 13.1 Å². The van der Waals surface area contributed by atoms with E-state index in [1.165, 1.54) is 11.6 Å². The van der Waals surface area contributed by atoms with E-state index in [0.717, 1.165) is 25.1 Å². The molecule has 0 saturated heterocycles. The standard InChI is InChI=1S/C11H12FN/c12-11-5-1-3-9(7-11)10-4-2-6-13-8-10/h1,3-5,7,13H,2,6,8H2. The van der Waals surface area contributed by atoms with Crippen LogP contribution in [0.1, 0.15) is 12.0 Å².